The minimum Gasteiger partial charge on any atom is -0.362 e. The van der Waals surface area contributed by atoms with Gasteiger partial charge in [0.1, 0.15) is 31.3 Å². The van der Waals surface area contributed by atoms with Crippen LogP contribution in [0.2, 0.25) is 0 Å². The Labute approximate surface area is 245 Å². The van der Waals surface area contributed by atoms with Gasteiger partial charge in [-0.25, -0.2) is 4.39 Å². The molecule has 0 aromatic heterocycles. The number of hydrazine groups is 1. The number of nitrogens with one attached hydrogen (secondary N) is 4. The number of benzene rings is 1. The van der Waals surface area contributed by atoms with Gasteiger partial charge in [-0.15, -0.1) is 0 Å². The van der Waals surface area contributed by atoms with E-state index in [4.69, 9.17) is 4.74 Å². The van der Waals surface area contributed by atoms with E-state index in [9.17, 15) is 9.59 Å². The Hall–Kier alpha value is -2.61. The number of fused-ring (bicyclic) bond motifs is 7. The SMILES string of the molecule is CN1Cc2cc(NC3NCC4C(=O)N5C/C=C\CCCN6C(=O)COC7C(F)CC(NC76)N5C4N3)ccc2C2(CC2)C1. The number of piperidine rings is 1. The molecule has 4 saturated heterocycles. The van der Waals surface area contributed by atoms with Crippen LogP contribution in [0.5, 0.6) is 0 Å². The summed E-state index contributed by atoms with van der Waals surface area (Å²) < 4.78 is 21.4. The highest BCUT2D eigenvalue weighted by Gasteiger charge is 2.55. The summed E-state index contributed by atoms with van der Waals surface area (Å²) in [6, 6.07) is 6.71. The largest absolute Gasteiger partial charge is 0.362 e. The number of allylic oxidation sites excluding steroid dienone is 1. The molecule has 6 aliphatic heterocycles. The van der Waals surface area contributed by atoms with Crippen molar-refractivity contribution in [3.8, 4) is 0 Å². The standard InChI is InChI=1S/C30H41FN8O3/c1-36-15-18-12-19(6-7-21(18)30(17-36)8-9-30)33-29-32-14-20-26(35-29)39-23-13-22(31)25-27(34-23)37(24(40)16-42-25)10-4-2-3-5-11-38(39)28(20)41/h3,5-7,12,20,22-23,25-27,29,32-35H,2,4,8-11,13-17H2,1H3/b5-3-. The molecule has 7 aliphatic rings. The van der Waals surface area contributed by atoms with Crippen LogP contribution in [0.15, 0.2) is 30.4 Å². The lowest BCUT2D eigenvalue weighted by Crippen LogP contribution is -2.74. The summed E-state index contributed by atoms with van der Waals surface area (Å²) in [5, 5.41) is 18.0. The number of morpholine rings is 1. The highest BCUT2D eigenvalue weighted by Crippen LogP contribution is 2.52. The van der Waals surface area contributed by atoms with Gasteiger partial charge in [0.15, 0.2) is 0 Å². The van der Waals surface area contributed by atoms with E-state index in [1.807, 2.05) is 11.1 Å². The average Bonchev–Trinajstić information content (AvgIpc) is 3.66. The minimum absolute atomic E-state index is 0.0128. The molecule has 1 spiro atoms. The quantitative estimate of drug-likeness (QED) is 0.375. The van der Waals surface area contributed by atoms with Crippen LogP contribution >= 0.6 is 0 Å². The molecule has 6 heterocycles. The zero-order chi connectivity index (χ0) is 28.6. The van der Waals surface area contributed by atoms with Crippen LogP contribution in [0.1, 0.15) is 43.2 Å². The van der Waals surface area contributed by atoms with Crippen LogP contribution < -0.4 is 21.3 Å². The van der Waals surface area contributed by atoms with Gasteiger partial charge < -0.3 is 19.9 Å². The third-order valence-electron chi connectivity index (χ3n) is 10.3. The van der Waals surface area contributed by atoms with Crippen molar-refractivity contribution in [2.45, 2.75) is 81.1 Å². The lowest BCUT2D eigenvalue weighted by Gasteiger charge is -2.51. The fourth-order valence-electron chi connectivity index (χ4n) is 8.20. The Kier molecular flexibility index (Phi) is 6.58. The van der Waals surface area contributed by atoms with Crippen molar-refractivity contribution in [3.05, 3.63) is 41.5 Å². The molecule has 7 atom stereocenters. The fourth-order valence-corrected chi connectivity index (χ4v) is 8.20. The van der Waals surface area contributed by atoms with E-state index in [-0.39, 0.29) is 43.2 Å². The van der Waals surface area contributed by atoms with Crippen molar-refractivity contribution in [2.24, 2.45) is 5.92 Å². The van der Waals surface area contributed by atoms with Gasteiger partial charge in [-0.1, -0.05) is 18.2 Å². The Balaban J connectivity index is 1.06. The number of carbonyl (C=O) groups excluding carboxylic acids is 2. The van der Waals surface area contributed by atoms with Gasteiger partial charge in [0, 0.05) is 43.7 Å². The number of rotatable bonds is 2. The molecular formula is C30H41FN8O3. The number of alkyl halides is 1. The molecule has 1 aliphatic carbocycles. The number of carbonyl (C=O) groups is 2. The number of hydrogen-bond donors (Lipinski definition) is 4. The van der Waals surface area contributed by atoms with Gasteiger partial charge in [-0.05, 0) is 56.0 Å². The third kappa shape index (κ3) is 4.46. The molecule has 1 aromatic carbocycles. The topological polar surface area (TPSA) is 104 Å². The van der Waals surface area contributed by atoms with Gasteiger partial charge in [0.25, 0.3) is 0 Å². The second kappa shape index (κ2) is 10.2. The number of halogens is 1. The second-order valence-electron chi connectivity index (χ2n) is 13.2. The number of ether oxygens (including phenoxy) is 1. The first-order valence-electron chi connectivity index (χ1n) is 15.5. The predicted molar refractivity (Wildman–Crippen MR) is 153 cm³/mol. The van der Waals surface area contributed by atoms with Crippen molar-refractivity contribution < 1.29 is 18.7 Å². The highest BCUT2D eigenvalue weighted by molar-refractivity contribution is 5.82. The lowest BCUT2D eigenvalue weighted by molar-refractivity contribution is -0.188. The smallest absolute Gasteiger partial charge is 0.249 e. The first-order valence-corrected chi connectivity index (χ1v) is 15.5. The van der Waals surface area contributed by atoms with Crippen LogP contribution in [0.3, 0.4) is 0 Å². The first-order chi connectivity index (χ1) is 20.4. The van der Waals surface area contributed by atoms with Crippen molar-refractivity contribution in [1.82, 2.24) is 35.8 Å². The highest BCUT2D eigenvalue weighted by atomic mass is 19.1. The summed E-state index contributed by atoms with van der Waals surface area (Å²) in [6.07, 6.45) is 4.68. The molecule has 12 heteroatoms. The maximum atomic E-state index is 15.7. The maximum Gasteiger partial charge on any atom is 0.249 e. The molecule has 2 bridgehead atoms. The summed E-state index contributed by atoms with van der Waals surface area (Å²) in [5.74, 6) is -0.441. The van der Waals surface area contributed by atoms with Gasteiger partial charge in [-0.2, -0.15) is 5.01 Å². The van der Waals surface area contributed by atoms with E-state index in [0.717, 1.165) is 31.6 Å². The molecule has 2 amide bonds. The van der Waals surface area contributed by atoms with Crippen LogP contribution in [-0.2, 0) is 26.3 Å². The van der Waals surface area contributed by atoms with Crippen LogP contribution in [0.25, 0.3) is 0 Å². The lowest BCUT2D eigenvalue weighted by atomic mass is 9.87. The fraction of sp³-hybridized carbons (Fsp3) is 0.667. The Morgan fingerprint density at radius 2 is 2.02 bits per heavy atom. The van der Waals surface area contributed by atoms with Gasteiger partial charge in [-0.3, -0.25) is 30.5 Å². The Morgan fingerprint density at radius 1 is 1.14 bits per heavy atom. The summed E-state index contributed by atoms with van der Waals surface area (Å²) in [5.41, 5.74) is 4.22. The van der Waals surface area contributed by atoms with E-state index >= 15 is 4.39 Å². The molecule has 1 saturated carbocycles. The molecule has 4 N–H and O–H groups in total. The minimum atomic E-state index is -1.26. The summed E-state index contributed by atoms with van der Waals surface area (Å²) in [4.78, 5) is 30.7. The zero-order valence-corrected chi connectivity index (χ0v) is 24.1. The van der Waals surface area contributed by atoms with Gasteiger partial charge in [0.2, 0.25) is 11.8 Å². The third-order valence-corrected chi connectivity index (χ3v) is 10.3. The summed E-state index contributed by atoms with van der Waals surface area (Å²) in [6.45, 7) is 3.44. The number of nitrogens with zero attached hydrogens (tertiary/aromatic N) is 4. The normalized spacial score (nSPS) is 38.7. The van der Waals surface area contributed by atoms with Crippen LogP contribution in [0.4, 0.5) is 10.1 Å². The van der Waals surface area contributed by atoms with Crippen LogP contribution in [0, 0.1) is 5.92 Å². The van der Waals surface area contributed by atoms with Crippen molar-refractivity contribution in [3.63, 3.8) is 0 Å². The molecule has 1 aromatic rings. The number of hydrogen-bond acceptors (Lipinski definition) is 9. The molecule has 0 radical (unpaired) electrons. The van der Waals surface area contributed by atoms with Crippen LogP contribution in [-0.4, -0.2) is 109 Å². The first kappa shape index (κ1) is 27.0. The summed E-state index contributed by atoms with van der Waals surface area (Å²) in [7, 11) is 2.20. The molecular weight excluding hydrogens is 539 g/mol. The molecule has 8 rings (SSSR count). The zero-order valence-electron chi connectivity index (χ0n) is 24.1. The average molecular weight is 581 g/mol. The predicted octanol–water partition coefficient (Wildman–Crippen LogP) is 0.614. The van der Waals surface area contributed by atoms with Gasteiger partial charge >= 0.3 is 0 Å². The maximum absolute atomic E-state index is 15.7. The van der Waals surface area contributed by atoms with E-state index in [1.54, 1.807) is 9.91 Å². The number of likely N-dealkylation sites (N-methyl/N-ethyl adjacent to an activating group) is 1. The molecule has 42 heavy (non-hydrogen) atoms. The van der Waals surface area contributed by atoms with E-state index in [1.165, 1.54) is 24.0 Å². The van der Waals surface area contributed by atoms with E-state index in [0.29, 0.717) is 25.0 Å². The molecule has 5 fully saturated rings. The second-order valence-corrected chi connectivity index (χ2v) is 13.2. The van der Waals surface area contributed by atoms with Crippen molar-refractivity contribution in [1.29, 1.82) is 0 Å². The number of anilines is 1. The van der Waals surface area contributed by atoms with E-state index in [2.05, 4.69) is 57.5 Å². The molecule has 7 unspecified atom stereocenters. The molecule has 226 valence electrons. The van der Waals surface area contributed by atoms with E-state index < -0.39 is 24.6 Å². The Morgan fingerprint density at radius 3 is 2.88 bits per heavy atom. The van der Waals surface area contributed by atoms with Crippen molar-refractivity contribution >= 4 is 17.5 Å². The number of amides is 2. The summed E-state index contributed by atoms with van der Waals surface area (Å²) >= 11 is 0. The molecule has 11 nitrogen and oxygen atoms in total. The monoisotopic (exact) mass is 580 g/mol. The van der Waals surface area contributed by atoms with Crippen molar-refractivity contribution in [2.75, 3.05) is 45.2 Å². The Bertz CT molecular complexity index is 1290. The van der Waals surface area contributed by atoms with Gasteiger partial charge in [0.05, 0.1) is 24.8 Å².